The van der Waals surface area contributed by atoms with Crippen molar-refractivity contribution >= 4 is 23.3 Å². The first-order valence-corrected chi connectivity index (χ1v) is 8.18. The molecule has 6 nitrogen and oxygen atoms in total. The Labute approximate surface area is 156 Å². The number of carbonyl (C=O) groups is 2. The lowest BCUT2D eigenvalue weighted by Crippen LogP contribution is -2.10. The lowest BCUT2D eigenvalue weighted by Gasteiger charge is -2.10. The fourth-order valence-corrected chi connectivity index (χ4v) is 2.36. The van der Waals surface area contributed by atoms with Gasteiger partial charge in [0, 0.05) is 11.4 Å². The molecule has 0 amide bonds. The Kier molecular flexibility index (Phi) is 5.08. The Morgan fingerprint density at radius 1 is 0.704 bits per heavy atom. The number of aryl methyl sites for hydroxylation is 1. The zero-order valence-electron chi connectivity index (χ0n) is 14.6. The molecule has 0 fully saturated rings. The zero-order valence-corrected chi connectivity index (χ0v) is 14.6. The largest absolute Gasteiger partial charge is 0.423 e. The number of esters is 2. The van der Waals surface area contributed by atoms with E-state index in [1.165, 1.54) is 0 Å². The quantitative estimate of drug-likeness (QED) is 0.417. The highest BCUT2D eigenvalue weighted by atomic mass is 16.5. The van der Waals surface area contributed by atoms with E-state index in [4.69, 9.17) is 20.9 Å². The van der Waals surface area contributed by atoms with E-state index in [-0.39, 0.29) is 0 Å². The standard InChI is InChI=1S/C21H18N2O4/c1-13-12-18(26-20(24)14-2-6-16(22)7-3-14)10-11-19(13)27-21(25)15-4-8-17(23)9-5-15/h2-12H,22-23H2,1H3. The van der Waals surface area contributed by atoms with Crippen LogP contribution in [0.4, 0.5) is 11.4 Å². The van der Waals surface area contributed by atoms with E-state index in [0.29, 0.717) is 39.6 Å². The number of rotatable bonds is 4. The van der Waals surface area contributed by atoms with Crippen LogP contribution in [0.2, 0.25) is 0 Å². The van der Waals surface area contributed by atoms with Gasteiger partial charge in [-0.15, -0.1) is 0 Å². The van der Waals surface area contributed by atoms with Crippen molar-refractivity contribution in [2.75, 3.05) is 11.5 Å². The first-order chi connectivity index (χ1) is 12.9. The van der Waals surface area contributed by atoms with Crippen LogP contribution in [0.25, 0.3) is 0 Å². The first-order valence-electron chi connectivity index (χ1n) is 8.18. The van der Waals surface area contributed by atoms with Crippen molar-refractivity contribution in [2.45, 2.75) is 6.92 Å². The second-order valence-electron chi connectivity index (χ2n) is 5.95. The van der Waals surface area contributed by atoms with Gasteiger partial charge in [0.25, 0.3) is 0 Å². The fourth-order valence-electron chi connectivity index (χ4n) is 2.36. The molecule has 3 rings (SSSR count). The number of benzene rings is 3. The monoisotopic (exact) mass is 362 g/mol. The molecule has 0 spiro atoms. The molecule has 0 saturated heterocycles. The minimum atomic E-state index is -0.499. The molecule has 0 aliphatic carbocycles. The van der Waals surface area contributed by atoms with Crippen LogP contribution in [0, 0.1) is 6.92 Å². The summed E-state index contributed by atoms with van der Waals surface area (Å²) in [5.74, 6) is -0.267. The first kappa shape index (κ1) is 18.0. The Hall–Kier alpha value is -3.80. The molecular weight excluding hydrogens is 344 g/mol. The van der Waals surface area contributed by atoms with E-state index in [0.717, 1.165) is 0 Å². The maximum Gasteiger partial charge on any atom is 0.343 e. The molecule has 27 heavy (non-hydrogen) atoms. The predicted octanol–water partition coefficient (Wildman–Crippen LogP) is 3.60. The van der Waals surface area contributed by atoms with Crippen molar-refractivity contribution < 1.29 is 19.1 Å². The highest BCUT2D eigenvalue weighted by molar-refractivity contribution is 5.92. The Morgan fingerprint density at radius 3 is 1.67 bits per heavy atom. The highest BCUT2D eigenvalue weighted by Gasteiger charge is 2.13. The molecule has 0 bridgehead atoms. The van der Waals surface area contributed by atoms with Crippen molar-refractivity contribution in [3.63, 3.8) is 0 Å². The van der Waals surface area contributed by atoms with Gasteiger partial charge in [-0.2, -0.15) is 0 Å². The summed E-state index contributed by atoms with van der Waals surface area (Å²) >= 11 is 0. The molecule has 4 N–H and O–H groups in total. The van der Waals surface area contributed by atoms with Crippen LogP contribution in [-0.4, -0.2) is 11.9 Å². The summed E-state index contributed by atoms with van der Waals surface area (Å²) in [6.45, 7) is 1.76. The molecule has 3 aromatic rings. The number of carbonyl (C=O) groups excluding carboxylic acids is 2. The summed E-state index contributed by atoms with van der Waals surface area (Å²) in [4.78, 5) is 24.3. The van der Waals surface area contributed by atoms with Gasteiger partial charge in [0.1, 0.15) is 11.5 Å². The van der Waals surface area contributed by atoms with E-state index < -0.39 is 11.9 Å². The van der Waals surface area contributed by atoms with Crippen molar-refractivity contribution in [1.29, 1.82) is 0 Å². The minimum Gasteiger partial charge on any atom is -0.423 e. The van der Waals surface area contributed by atoms with Crippen LogP contribution in [-0.2, 0) is 0 Å². The summed E-state index contributed by atoms with van der Waals surface area (Å²) in [5.41, 5.74) is 13.8. The van der Waals surface area contributed by atoms with Crippen LogP contribution in [0.5, 0.6) is 11.5 Å². The summed E-state index contributed by atoms with van der Waals surface area (Å²) in [7, 11) is 0. The predicted molar refractivity (Wildman–Crippen MR) is 103 cm³/mol. The summed E-state index contributed by atoms with van der Waals surface area (Å²) in [6.07, 6.45) is 0. The molecule has 0 radical (unpaired) electrons. The molecule has 6 heteroatoms. The lowest BCUT2D eigenvalue weighted by atomic mass is 10.2. The number of nitrogens with two attached hydrogens (primary N) is 2. The maximum absolute atomic E-state index is 12.2. The van der Waals surface area contributed by atoms with Gasteiger partial charge in [0.15, 0.2) is 0 Å². The van der Waals surface area contributed by atoms with Crippen LogP contribution in [0.3, 0.4) is 0 Å². The number of hydrogen-bond acceptors (Lipinski definition) is 6. The van der Waals surface area contributed by atoms with E-state index in [1.54, 1.807) is 73.7 Å². The molecule has 0 aromatic heterocycles. The van der Waals surface area contributed by atoms with E-state index in [9.17, 15) is 9.59 Å². The lowest BCUT2D eigenvalue weighted by molar-refractivity contribution is 0.0718. The number of nitrogen functional groups attached to an aromatic ring is 2. The molecular formula is C21H18N2O4. The maximum atomic E-state index is 12.2. The van der Waals surface area contributed by atoms with Gasteiger partial charge < -0.3 is 20.9 Å². The number of ether oxygens (including phenoxy) is 2. The Bertz CT molecular complexity index is 980. The van der Waals surface area contributed by atoms with Gasteiger partial charge in [-0.1, -0.05) is 0 Å². The SMILES string of the molecule is Cc1cc(OC(=O)c2ccc(N)cc2)ccc1OC(=O)c1ccc(N)cc1. The summed E-state index contributed by atoms with van der Waals surface area (Å²) in [6, 6.07) is 17.6. The third-order valence-corrected chi connectivity index (χ3v) is 3.85. The fraction of sp³-hybridized carbons (Fsp3) is 0.0476. The molecule has 0 atom stereocenters. The van der Waals surface area contributed by atoms with Gasteiger partial charge in [-0.05, 0) is 79.2 Å². The Balaban J connectivity index is 1.69. The normalized spacial score (nSPS) is 10.3. The number of hydrogen-bond donors (Lipinski definition) is 2. The molecule has 0 aliphatic heterocycles. The van der Waals surface area contributed by atoms with Crippen LogP contribution >= 0.6 is 0 Å². The van der Waals surface area contributed by atoms with Crippen LogP contribution < -0.4 is 20.9 Å². The third kappa shape index (κ3) is 4.43. The summed E-state index contributed by atoms with van der Waals surface area (Å²) in [5, 5.41) is 0. The second-order valence-corrected chi connectivity index (χ2v) is 5.95. The molecule has 0 heterocycles. The molecule has 136 valence electrons. The smallest absolute Gasteiger partial charge is 0.343 e. The van der Waals surface area contributed by atoms with Crippen molar-refractivity contribution in [1.82, 2.24) is 0 Å². The topological polar surface area (TPSA) is 105 Å². The second kappa shape index (κ2) is 7.61. The average molecular weight is 362 g/mol. The van der Waals surface area contributed by atoms with Crippen LogP contribution in [0.1, 0.15) is 26.3 Å². The van der Waals surface area contributed by atoms with Gasteiger partial charge in [0.05, 0.1) is 11.1 Å². The molecule has 0 aliphatic rings. The molecule has 3 aromatic carbocycles. The van der Waals surface area contributed by atoms with Gasteiger partial charge in [0.2, 0.25) is 0 Å². The van der Waals surface area contributed by atoms with Gasteiger partial charge in [-0.25, -0.2) is 9.59 Å². The Morgan fingerprint density at radius 2 is 1.19 bits per heavy atom. The highest BCUT2D eigenvalue weighted by Crippen LogP contribution is 2.25. The van der Waals surface area contributed by atoms with E-state index in [2.05, 4.69) is 0 Å². The van der Waals surface area contributed by atoms with Gasteiger partial charge in [-0.3, -0.25) is 0 Å². The van der Waals surface area contributed by atoms with Crippen molar-refractivity contribution in [3.05, 3.63) is 83.4 Å². The molecule has 0 unspecified atom stereocenters. The van der Waals surface area contributed by atoms with E-state index in [1.807, 2.05) is 0 Å². The van der Waals surface area contributed by atoms with Crippen LogP contribution in [0.15, 0.2) is 66.7 Å². The van der Waals surface area contributed by atoms with Crippen molar-refractivity contribution in [2.24, 2.45) is 0 Å². The summed E-state index contributed by atoms with van der Waals surface area (Å²) < 4.78 is 10.7. The molecule has 0 saturated carbocycles. The number of anilines is 2. The third-order valence-electron chi connectivity index (χ3n) is 3.85. The zero-order chi connectivity index (χ0) is 19.4. The average Bonchev–Trinajstić information content (AvgIpc) is 2.65. The van der Waals surface area contributed by atoms with E-state index >= 15 is 0 Å². The van der Waals surface area contributed by atoms with Crippen molar-refractivity contribution in [3.8, 4) is 11.5 Å². The van der Waals surface area contributed by atoms with Gasteiger partial charge >= 0.3 is 11.9 Å². The minimum absolute atomic E-state index is 0.349.